The number of ether oxygens (including phenoxy) is 1. The van der Waals surface area contributed by atoms with E-state index in [1.807, 2.05) is 49.1 Å². The highest BCUT2D eigenvalue weighted by Crippen LogP contribution is 2.51. The molecule has 1 aromatic carbocycles. The Balaban J connectivity index is 1.22. The number of likely N-dealkylation sites (tertiary alicyclic amines) is 1. The Morgan fingerprint density at radius 2 is 2.02 bits per heavy atom. The Hall–Kier alpha value is -4.12. The van der Waals surface area contributed by atoms with Crippen molar-refractivity contribution in [3.63, 3.8) is 0 Å². The van der Waals surface area contributed by atoms with Crippen LogP contribution in [0.25, 0.3) is 0 Å². The van der Waals surface area contributed by atoms with Crippen LogP contribution in [0.15, 0.2) is 59.9 Å². The minimum absolute atomic E-state index is 0.0988. The third kappa shape index (κ3) is 4.85. The molecule has 2 aromatic heterocycles. The Labute approximate surface area is 236 Å². The Bertz CT molecular complexity index is 1470. The van der Waals surface area contributed by atoms with Crippen LogP contribution in [0.2, 0.25) is 0 Å². The number of aromatic nitrogens is 2. The van der Waals surface area contributed by atoms with Crippen LogP contribution in [0.3, 0.4) is 0 Å². The number of thioether (sulfide) groups is 1. The maximum Gasteiger partial charge on any atom is 0.327 e. The number of rotatable bonds is 6. The van der Waals surface area contributed by atoms with Gasteiger partial charge in [0.05, 0.1) is 17.4 Å². The normalized spacial score (nSPS) is 21.4. The number of pyridine rings is 2. The number of urea groups is 1. The number of benzene rings is 1. The van der Waals surface area contributed by atoms with Gasteiger partial charge in [-0.05, 0) is 55.7 Å². The van der Waals surface area contributed by atoms with Crippen molar-refractivity contribution < 1.29 is 19.1 Å². The quantitative estimate of drug-likeness (QED) is 0.459. The molecule has 3 atom stereocenters. The number of nitrogens with one attached hydrogen (secondary N) is 2. The summed E-state index contributed by atoms with van der Waals surface area (Å²) < 4.78 is 5.86. The third-order valence-corrected chi connectivity index (χ3v) is 8.75. The predicted molar refractivity (Wildman–Crippen MR) is 151 cm³/mol. The first-order chi connectivity index (χ1) is 19.4. The van der Waals surface area contributed by atoms with Gasteiger partial charge in [0.25, 0.3) is 0 Å². The molecule has 2 unspecified atom stereocenters. The molecule has 0 saturated carbocycles. The topological polar surface area (TPSA) is 117 Å². The van der Waals surface area contributed by atoms with Gasteiger partial charge in [-0.2, -0.15) is 0 Å². The van der Waals surface area contributed by atoms with Crippen molar-refractivity contribution in [2.24, 2.45) is 0 Å². The van der Waals surface area contributed by atoms with Gasteiger partial charge in [0, 0.05) is 49.6 Å². The average molecular weight is 559 g/mol. The van der Waals surface area contributed by atoms with Crippen molar-refractivity contribution in [2.75, 3.05) is 18.0 Å². The fourth-order valence-electron chi connectivity index (χ4n) is 5.56. The highest BCUT2D eigenvalue weighted by molar-refractivity contribution is 8.01. The predicted octanol–water partition coefficient (Wildman–Crippen LogP) is 4.47. The summed E-state index contributed by atoms with van der Waals surface area (Å²) in [6.45, 7) is 5.00. The first kappa shape index (κ1) is 26.1. The van der Waals surface area contributed by atoms with Crippen molar-refractivity contribution in [2.45, 2.75) is 55.5 Å². The molecule has 206 valence electrons. The Morgan fingerprint density at radius 3 is 2.80 bits per heavy atom. The number of hydrogen-bond acceptors (Lipinski definition) is 7. The second-order valence-electron chi connectivity index (χ2n) is 10.1. The number of carbonyl (C=O) groups excluding carboxylic acids is 3. The van der Waals surface area contributed by atoms with Crippen LogP contribution in [-0.2, 0) is 9.59 Å². The highest BCUT2D eigenvalue weighted by Gasteiger charge is 2.47. The lowest BCUT2D eigenvalue weighted by Crippen LogP contribution is -2.53. The molecule has 2 N–H and O–H groups in total. The molecule has 0 bridgehead atoms. The first-order valence-electron chi connectivity index (χ1n) is 13.5. The van der Waals surface area contributed by atoms with E-state index in [4.69, 9.17) is 4.74 Å². The fourth-order valence-corrected chi connectivity index (χ4v) is 6.80. The smallest absolute Gasteiger partial charge is 0.327 e. The number of carbonyl (C=O) groups is 3. The summed E-state index contributed by atoms with van der Waals surface area (Å²) in [6.07, 6.45) is 5.45. The lowest BCUT2D eigenvalue weighted by Gasteiger charge is -2.36. The summed E-state index contributed by atoms with van der Waals surface area (Å²) in [7, 11) is 0. The molecular formula is C29H30N6O4S. The van der Waals surface area contributed by atoms with Crippen molar-refractivity contribution in [3.8, 4) is 11.6 Å². The van der Waals surface area contributed by atoms with E-state index in [0.717, 1.165) is 35.5 Å². The fraction of sp³-hybridized carbons (Fsp3) is 0.345. The summed E-state index contributed by atoms with van der Waals surface area (Å²) >= 11 is 1.37. The molecule has 3 aliphatic rings. The summed E-state index contributed by atoms with van der Waals surface area (Å²) in [4.78, 5) is 51.4. The van der Waals surface area contributed by atoms with Crippen LogP contribution < -0.4 is 20.3 Å². The Kier molecular flexibility index (Phi) is 7.05. The summed E-state index contributed by atoms with van der Waals surface area (Å²) in [5, 5.41) is 6.38. The molecule has 3 aliphatic heterocycles. The molecule has 0 aliphatic carbocycles. The number of anilines is 2. The van der Waals surface area contributed by atoms with Gasteiger partial charge in [0.1, 0.15) is 16.0 Å². The molecule has 1 saturated heterocycles. The molecule has 10 nitrogen and oxygen atoms in total. The highest BCUT2D eigenvalue weighted by atomic mass is 32.2. The molecule has 6 rings (SSSR count). The first-order valence-corrected chi connectivity index (χ1v) is 14.3. The lowest BCUT2D eigenvalue weighted by molar-refractivity contribution is -0.133. The van der Waals surface area contributed by atoms with Crippen molar-refractivity contribution in [1.29, 1.82) is 0 Å². The van der Waals surface area contributed by atoms with Gasteiger partial charge in [-0.25, -0.2) is 14.8 Å². The standard InChI is InChI=1S/C29H30N6O4S/c1-3-23(36)34-14-6-7-18(16-34)32-27(37)26-25-24-21(11-13-31-28(24)40-26)35(29(38)33-25)20-10-9-19(15-17(20)2)39-22-8-4-5-12-30-22/h4-5,8-13,15,18,25-26H,3,6-7,14,16H2,1-2H3,(H,32,37)(H,33,38)/t18?,25?,26-/m1/s1. The maximum absolute atomic E-state index is 13.6. The molecule has 4 amide bonds. The maximum atomic E-state index is 13.6. The summed E-state index contributed by atoms with van der Waals surface area (Å²) in [6, 6.07) is 11.9. The van der Waals surface area contributed by atoms with Gasteiger partial charge >= 0.3 is 6.03 Å². The monoisotopic (exact) mass is 558 g/mol. The second-order valence-corrected chi connectivity index (χ2v) is 11.2. The molecule has 5 heterocycles. The number of piperidine rings is 1. The zero-order chi connectivity index (χ0) is 27.8. The van der Waals surface area contributed by atoms with E-state index < -0.39 is 11.3 Å². The zero-order valence-corrected chi connectivity index (χ0v) is 23.1. The van der Waals surface area contributed by atoms with E-state index in [1.165, 1.54) is 11.8 Å². The molecule has 1 fully saturated rings. The number of amides is 4. The van der Waals surface area contributed by atoms with Gasteiger partial charge in [0.15, 0.2) is 0 Å². The minimum atomic E-state index is -0.553. The van der Waals surface area contributed by atoms with Crippen molar-refractivity contribution >= 4 is 41.0 Å². The molecule has 0 radical (unpaired) electrons. The molecule has 0 spiro atoms. The van der Waals surface area contributed by atoms with Crippen LogP contribution >= 0.6 is 11.8 Å². The summed E-state index contributed by atoms with van der Waals surface area (Å²) in [5.74, 6) is 1.04. The molecule has 40 heavy (non-hydrogen) atoms. The average Bonchev–Trinajstić information content (AvgIpc) is 3.33. The van der Waals surface area contributed by atoms with E-state index in [1.54, 1.807) is 29.4 Å². The summed E-state index contributed by atoms with van der Waals surface area (Å²) in [5.41, 5.74) is 3.10. The van der Waals surface area contributed by atoms with Crippen molar-refractivity contribution in [1.82, 2.24) is 25.5 Å². The Morgan fingerprint density at radius 1 is 1.15 bits per heavy atom. The van der Waals surface area contributed by atoms with E-state index in [-0.39, 0.29) is 23.9 Å². The van der Waals surface area contributed by atoms with Gasteiger partial charge in [-0.1, -0.05) is 24.8 Å². The lowest BCUT2D eigenvalue weighted by atomic mass is 9.98. The van der Waals surface area contributed by atoms with E-state index in [9.17, 15) is 14.4 Å². The number of hydrogen-bond donors (Lipinski definition) is 2. The van der Waals surface area contributed by atoms with Gasteiger partial charge in [-0.3, -0.25) is 14.5 Å². The molecule has 3 aromatic rings. The van der Waals surface area contributed by atoms with Gasteiger partial charge < -0.3 is 20.3 Å². The van der Waals surface area contributed by atoms with Gasteiger partial charge in [-0.15, -0.1) is 0 Å². The SMILES string of the molecule is CCC(=O)N1CCCC(NC(=O)[C@@H]2Sc3nccc4c3C2NC(=O)N4c2ccc(Oc3ccccn3)cc2C)C1. The van der Waals surface area contributed by atoms with Crippen LogP contribution in [0.5, 0.6) is 11.6 Å². The van der Waals surface area contributed by atoms with Crippen LogP contribution in [0.1, 0.15) is 43.4 Å². The van der Waals surface area contributed by atoms with Crippen LogP contribution in [0, 0.1) is 6.92 Å². The van der Waals surface area contributed by atoms with Gasteiger partial charge in [0.2, 0.25) is 17.7 Å². The molecule has 11 heteroatoms. The van der Waals surface area contributed by atoms with E-state index >= 15 is 0 Å². The third-order valence-electron chi connectivity index (χ3n) is 7.46. The minimum Gasteiger partial charge on any atom is -0.439 e. The zero-order valence-electron chi connectivity index (χ0n) is 22.3. The van der Waals surface area contributed by atoms with Crippen molar-refractivity contribution in [3.05, 3.63) is 66.0 Å². The van der Waals surface area contributed by atoms with Crippen LogP contribution in [-0.4, -0.2) is 57.1 Å². The second kappa shape index (κ2) is 10.8. The molecular weight excluding hydrogens is 528 g/mol. The number of aryl methyl sites for hydroxylation is 1. The number of nitrogens with zero attached hydrogens (tertiary/aromatic N) is 4. The van der Waals surface area contributed by atoms with E-state index in [2.05, 4.69) is 20.6 Å². The largest absolute Gasteiger partial charge is 0.439 e. The van der Waals surface area contributed by atoms with Crippen LogP contribution in [0.4, 0.5) is 16.2 Å². The van der Waals surface area contributed by atoms with E-state index in [0.29, 0.717) is 36.0 Å².